The van der Waals surface area contributed by atoms with Crippen LogP contribution in [0, 0.1) is 0 Å². The summed E-state index contributed by atoms with van der Waals surface area (Å²) in [5, 5.41) is 3.10. The van der Waals surface area contributed by atoms with Crippen molar-refractivity contribution in [3.05, 3.63) is 36.2 Å². The Morgan fingerprint density at radius 2 is 1.92 bits per heavy atom. The number of anilines is 2. The number of hydrogen-bond acceptors (Lipinski definition) is 6. The van der Waals surface area contributed by atoms with Crippen molar-refractivity contribution in [1.82, 2.24) is 14.9 Å². The summed E-state index contributed by atoms with van der Waals surface area (Å²) < 4.78 is 10.7. The normalized spacial score (nSPS) is 12.1. The van der Waals surface area contributed by atoms with Crippen molar-refractivity contribution >= 4 is 17.5 Å². The molecule has 0 fully saturated rings. The van der Waals surface area contributed by atoms with Crippen molar-refractivity contribution in [3.63, 3.8) is 0 Å². The van der Waals surface area contributed by atoms with Gasteiger partial charge in [0.05, 0.1) is 0 Å². The van der Waals surface area contributed by atoms with Gasteiger partial charge in [0.1, 0.15) is 5.69 Å². The van der Waals surface area contributed by atoms with Gasteiger partial charge in [-0.05, 0) is 31.0 Å². The van der Waals surface area contributed by atoms with Gasteiger partial charge in [0.2, 0.25) is 12.7 Å². The van der Waals surface area contributed by atoms with E-state index in [1.807, 2.05) is 23.1 Å². The minimum absolute atomic E-state index is 0.0696. The molecule has 1 N–H and O–H groups in total. The fourth-order valence-corrected chi connectivity index (χ4v) is 2.66. The molecule has 132 valence electrons. The quantitative estimate of drug-likeness (QED) is 0.832. The van der Waals surface area contributed by atoms with E-state index in [1.54, 1.807) is 12.3 Å². The third kappa shape index (κ3) is 3.99. The maximum absolute atomic E-state index is 12.7. The second kappa shape index (κ2) is 7.83. The highest BCUT2D eigenvalue weighted by molar-refractivity contribution is 5.92. The first-order chi connectivity index (χ1) is 12.2. The first-order valence-electron chi connectivity index (χ1n) is 8.50. The third-order valence-corrected chi connectivity index (χ3v) is 3.78. The highest BCUT2D eigenvalue weighted by Crippen LogP contribution is 2.34. The van der Waals surface area contributed by atoms with Gasteiger partial charge in [-0.3, -0.25) is 4.79 Å². The number of nitrogens with zero attached hydrogens (tertiary/aromatic N) is 3. The molecule has 1 aliphatic rings. The Labute approximate surface area is 147 Å². The fraction of sp³-hybridized carbons (Fsp3) is 0.389. The largest absolute Gasteiger partial charge is 0.454 e. The van der Waals surface area contributed by atoms with Crippen LogP contribution in [0.15, 0.2) is 30.5 Å². The van der Waals surface area contributed by atoms with E-state index in [2.05, 4.69) is 29.1 Å². The molecule has 1 amide bonds. The van der Waals surface area contributed by atoms with Crippen LogP contribution in [0.25, 0.3) is 0 Å². The number of ether oxygens (including phenoxy) is 2. The molecule has 25 heavy (non-hydrogen) atoms. The Hall–Kier alpha value is -2.83. The van der Waals surface area contributed by atoms with Gasteiger partial charge in [-0.1, -0.05) is 13.8 Å². The molecule has 0 bridgehead atoms. The van der Waals surface area contributed by atoms with Gasteiger partial charge in [0.25, 0.3) is 5.91 Å². The molecule has 0 aliphatic carbocycles. The molecule has 0 atom stereocenters. The number of aromatic nitrogens is 2. The predicted molar refractivity (Wildman–Crippen MR) is 94.4 cm³/mol. The van der Waals surface area contributed by atoms with E-state index < -0.39 is 0 Å². The lowest BCUT2D eigenvalue weighted by Crippen LogP contribution is -2.33. The van der Waals surface area contributed by atoms with Crippen LogP contribution >= 0.6 is 0 Å². The number of carbonyl (C=O) groups is 1. The van der Waals surface area contributed by atoms with Gasteiger partial charge in [0.15, 0.2) is 11.5 Å². The molecule has 2 heterocycles. The number of amides is 1. The summed E-state index contributed by atoms with van der Waals surface area (Å²) >= 11 is 0. The number of fused-ring (bicyclic) bond motifs is 1. The smallest absolute Gasteiger partial charge is 0.272 e. The Balaban J connectivity index is 1.75. The van der Waals surface area contributed by atoms with Crippen molar-refractivity contribution in [2.45, 2.75) is 26.7 Å². The zero-order chi connectivity index (χ0) is 17.6. The van der Waals surface area contributed by atoms with Gasteiger partial charge < -0.3 is 19.7 Å². The average Bonchev–Trinajstić information content (AvgIpc) is 3.09. The van der Waals surface area contributed by atoms with E-state index in [4.69, 9.17) is 9.47 Å². The summed E-state index contributed by atoms with van der Waals surface area (Å²) in [5.41, 5.74) is 1.16. The Morgan fingerprint density at radius 3 is 2.68 bits per heavy atom. The Kier molecular flexibility index (Phi) is 5.33. The molecule has 1 aliphatic heterocycles. The highest BCUT2D eigenvalue weighted by atomic mass is 16.7. The van der Waals surface area contributed by atoms with Crippen LogP contribution in [0.1, 0.15) is 37.2 Å². The maximum atomic E-state index is 12.7. The molecule has 0 spiro atoms. The Bertz CT molecular complexity index is 745. The molecule has 0 saturated heterocycles. The van der Waals surface area contributed by atoms with E-state index in [0.717, 1.165) is 31.6 Å². The van der Waals surface area contributed by atoms with E-state index in [1.165, 1.54) is 0 Å². The molecule has 1 aromatic heterocycles. The minimum atomic E-state index is -0.0696. The van der Waals surface area contributed by atoms with Crippen LogP contribution in [-0.4, -0.2) is 40.7 Å². The molecule has 2 aromatic rings. The molecule has 7 heteroatoms. The summed E-state index contributed by atoms with van der Waals surface area (Å²) in [4.78, 5) is 23.0. The number of nitrogens with one attached hydrogen (secondary N) is 1. The van der Waals surface area contributed by atoms with E-state index in [0.29, 0.717) is 23.1 Å². The van der Waals surface area contributed by atoms with Crippen LogP contribution in [0.2, 0.25) is 0 Å². The lowest BCUT2D eigenvalue weighted by molar-refractivity contribution is 0.0749. The minimum Gasteiger partial charge on any atom is -0.454 e. The molecule has 7 nitrogen and oxygen atoms in total. The van der Waals surface area contributed by atoms with Gasteiger partial charge >= 0.3 is 0 Å². The summed E-state index contributed by atoms with van der Waals surface area (Å²) in [5.74, 6) is 1.69. The molecule has 3 rings (SSSR count). The van der Waals surface area contributed by atoms with E-state index in [-0.39, 0.29) is 12.7 Å². The third-order valence-electron chi connectivity index (χ3n) is 3.78. The van der Waals surface area contributed by atoms with Crippen LogP contribution in [0.4, 0.5) is 11.6 Å². The topological polar surface area (TPSA) is 76.6 Å². The molecular weight excluding hydrogens is 320 g/mol. The molecule has 0 unspecified atom stereocenters. The maximum Gasteiger partial charge on any atom is 0.272 e. The standard InChI is InChI=1S/C18H22N4O3/c1-3-9-22(10-4-2)17(23)14-7-8-19-18(21-14)20-13-5-6-15-16(11-13)25-12-24-15/h5-8,11H,3-4,9-10,12H2,1-2H3,(H,19,20,21). The second-order valence-corrected chi connectivity index (χ2v) is 5.75. The molecular formula is C18H22N4O3. The SMILES string of the molecule is CCCN(CCC)C(=O)c1ccnc(Nc2ccc3c(c2)OCO3)n1. The van der Waals surface area contributed by atoms with Crippen LogP contribution in [0.3, 0.4) is 0 Å². The van der Waals surface area contributed by atoms with Crippen LogP contribution in [-0.2, 0) is 0 Å². The van der Waals surface area contributed by atoms with Crippen LogP contribution < -0.4 is 14.8 Å². The van der Waals surface area contributed by atoms with E-state index in [9.17, 15) is 4.79 Å². The fourth-order valence-electron chi connectivity index (χ4n) is 2.66. The molecule has 0 radical (unpaired) electrons. The summed E-state index contributed by atoms with van der Waals surface area (Å²) in [6, 6.07) is 7.14. The predicted octanol–water partition coefficient (Wildman–Crippen LogP) is 3.21. The second-order valence-electron chi connectivity index (χ2n) is 5.75. The number of carbonyl (C=O) groups excluding carboxylic acids is 1. The number of benzene rings is 1. The van der Waals surface area contributed by atoms with Crippen molar-refractivity contribution in [1.29, 1.82) is 0 Å². The average molecular weight is 342 g/mol. The van der Waals surface area contributed by atoms with Crippen LogP contribution in [0.5, 0.6) is 11.5 Å². The van der Waals surface area contributed by atoms with Crippen molar-refractivity contribution < 1.29 is 14.3 Å². The lowest BCUT2D eigenvalue weighted by atomic mass is 10.3. The molecule has 0 saturated carbocycles. The van der Waals surface area contributed by atoms with Gasteiger partial charge in [-0.2, -0.15) is 0 Å². The lowest BCUT2D eigenvalue weighted by Gasteiger charge is -2.21. The van der Waals surface area contributed by atoms with E-state index >= 15 is 0 Å². The monoisotopic (exact) mass is 342 g/mol. The van der Waals surface area contributed by atoms with Crippen molar-refractivity contribution in [2.24, 2.45) is 0 Å². The van der Waals surface area contributed by atoms with Gasteiger partial charge in [-0.25, -0.2) is 9.97 Å². The zero-order valence-electron chi connectivity index (χ0n) is 14.5. The summed E-state index contributed by atoms with van der Waals surface area (Å²) in [6.45, 7) is 5.79. The number of rotatable bonds is 7. The summed E-state index contributed by atoms with van der Waals surface area (Å²) in [7, 11) is 0. The Morgan fingerprint density at radius 1 is 1.16 bits per heavy atom. The zero-order valence-corrected chi connectivity index (χ0v) is 14.5. The first-order valence-corrected chi connectivity index (χ1v) is 8.50. The van der Waals surface area contributed by atoms with Crippen molar-refractivity contribution in [3.8, 4) is 11.5 Å². The van der Waals surface area contributed by atoms with Crippen molar-refractivity contribution in [2.75, 3.05) is 25.2 Å². The molecule has 1 aromatic carbocycles. The number of hydrogen-bond donors (Lipinski definition) is 1. The van der Waals surface area contributed by atoms with Gasteiger partial charge in [-0.15, -0.1) is 0 Å². The van der Waals surface area contributed by atoms with Gasteiger partial charge in [0, 0.05) is 31.0 Å². The summed E-state index contributed by atoms with van der Waals surface area (Å²) in [6.07, 6.45) is 3.42. The highest BCUT2D eigenvalue weighted by Gasteiger charge is 2.17. The first kappa shape index (κ1) is 17.0.